The largest absolute Gasteiger partial charge is 0.469 e. The van der Waals surface area contributed by atoms with Gasteiger partial charge in [-0.2, -0.15) is 0 Å². The highest BCUT2D eigenvalue weighted by molar-refractivity contribution is 5.79. The average molecular weight is 267 g/mol. The molecular formula is C13H17NO5. The third-order valence-corrected chi connectivity index (χ3v) is 2.79. The predicted octanol–water partition coefficient (Wildman–Crippen LogP) is -0.328. The van der Waals surface area contributed by atoms with E-state index in [1.54, 1.807) is 24.3 Å². The van der Waals surface area contributed by atoms with Crippen LogP contribution in [-0.4, -0.2) is 35.3 Å². The zero-order valence-corrected chi connectivity index (χ0v) is 10.6. The Bertz CT molecular complexity index is 460. The van der Waals surface area contributed by atoms with Crippen molar-refractivity contribution >= 4 is 11.9 Å². The molecule has 2 atom stereocenters. The topological polar surface area (TPSA) is 110 Å². The summed E-state index contributed by atoms with van der Waals surface area (Å²) in [5.41, 5.74) is 5.97. The lowest BCUT2D eigenvalue weighted by Gasteiger charge is -2.18. The van der Waals surface area contributed by atoms with E-state index >= 15 is 0 Å². The summed E-state index contributed by atoms with van der Waals surface area (Å²) in [4.78, 5) is 22.0. The van der Waals surface area contributed by atoms with E-state index in [-0.39, 0.29) is 12.4 Å². The third kappa shape index (κ3) is 4.04. The molecule has 0 aliphatic rings. The number of ether oxygens (including phenoxy) is 1. The molecule has 104 valence electrons. The molecule has 0 saturated heterocycles. The lowest BCUT2D eigenvalue weighted by Crippen LogP contribution is -2.34. The van der Waals surface area contributed by atoms with Gasteiger partial charge in [0.15, 0.2) is 6.10 Å². The van der Waals surface area contributed by atoms with E-state index in [1.165, 1.54) is 7.11 Å². The number of benzene rings is 1. The molecule has 0 heterocycles. The summed E-state index contributed by atoms with van der Waals surface area (Å²) in [6.45, 7) is 0. The molecule has 6 nitrogen and oxygen atoms in total. The van der Waals surface area contributed by atoms with Gasteiger partial charge in [0.1, 0.15) is 6.10 Å². The van der Waals surface area contributed by atoms with E-state index in [2.05, 4.69) is 4.74 Å². The highest BCUT2D eigenvalue weighted by Crippen LogP contribution is 2.22. The summed E-state index contributed by atoms with van der Waals surface area (Å²) < 4.78 is 4.53. The van der Waals surface area contributed by atoms with Crippen molar-refractivity contribution in [1.82, 2.24) is 0 Å². The number of hydrogen-bond acceptors (Lipinski definition) is 5. The number of amides is 1. The lowest BCUT2D eigenvalue weighted by molar-refractivity contribution is -0.140. The quantitative estimate of drug-likeness (QED) is 0.611. The first-order valence-corrected chi connectivity index (χ1v) is 5.77. The van der Waals surface area contributed by atoms with E-state index in [0.717, 1.165) is 0 Å². The summed E-state index contributed by atoms with van der Waals surface area (Å²) >= 11 is 0. The smallest absolute Gasteiger partial charge is 0.305 e. The standard InChI is InChI=1S/C13H17NO5/c1-19-10(15)7-6-8-4-2-3-5-9(8)11(16)12(17)13(14)18/h2-5,11-12,16-17H,6-7H2,1H3,(H2,14,18). The second-order valence-electron chi connectivity index (χ2n) is 4.07. The van der Waals surface area contributed by atoms with E-state index < -0.39 is 18.1 Å². The van der Waals surface area contributed by atoms with Gasteiger partial charge in [-0.25, -0.2) is 0 Å². The van der Waals surface area contributed by atoms with Gasteiger partial charge in [0.25, 0.3) is 0 Å². The fourth-order valence-corrected chi connectivity index (χ4v) is 1.71. The van der Waals surface area contributed by atoms with Crippen LogP contribution >= 0.6 is 0 Å². The van der Waals surface area contributed by atoms with Crippen molar-refractivity contribution in [2.45, 2.75) is 25.0 Å². The Morgan fingerprint density at radius 3 is 2.53 bits per heavy atom. The average Bonchev–Trinajstić information content (AvgIpc) is 2.43. The third-order valence-electron chi connectivity index (χ3n) is 2.79. The summed E-state index contributed by atoms with van der Waals surface area (Å²) in [6.07, 6.45) is -2.61. The van der Waals surface area contributed by atoms with Gasteiger partial charge in [-0.3, -0.25) is 9.59 Å². The number of nitrogens with two attached hydrogens (primary N) is 1. The maximum Gasteiger partial charge on any atom is 0.305 e. The van der Waals surface area contributed by atoms with Crippen LogP contribution in [0.3, 0.4) is 0 Å². The van der Waals surface area contributed by atoms with Crippen molar-refractivity contribution in [3.8, 4) is 0 Å². The molecule has 1 amide bonds. The molecule has 0 saturated carbocycles. The van der Waals surface area contributed by atoms with Crippen LogP contribution in [0.1, 0.15) is 23.7 Å². The Kier molecular flexibility index (Phi) is 5.47. The number of aliphatic hydroxyl groups is 2. The zero-order chi connectivity index (χ0) is 14.4. The number of carbonyl (C=O) groups is 2. The van der Waals surface area contributed by atoms with Gasteiger partial charge in [-0.05, 0) is 17.5 Å². The van der Waals surface area contributed by atoms with E-state index in [0.29, 0.717) is 17.5 Å². The molecule has 0 aliphatic carbocycles. The molecule has 1 aromatic carbocycles. The predicted molar refractivity (Wildman–Crippen MR) is 66.9 cm³/mol. The number of aryl methyl sites for hydroxylation is 1. The minimum Gasteiger partial charge on any atom is -0.469 e. The second kappa shape index (κ2) is 6.86. The van der Waals surface area contributed by atoms with Crippen LogP contribution in [0.5, 0.6) is 0 Å². The SMILES string of the molecule is COC(=O)CCc1ccccc1C(O)C(O)C(N)=O. The van der Waals surface area contributed by atoms with Gasteiger partial charge in [0, 0.05) is 6.42 Å². The Balaban J connectivity index is 2.89. The first kappa shape index (κ1) is 15.1. The molecule has 1 rings (SSSR count). The second-order valence-corrected chi connectivity index (χ2v) is 4.07. The highest BCUT2D eigenvalue weighted by atomic mass is 16.5. The van der Waals surface area contributed by atoms with Crippen LogP contribution in [0.4, 0.5) is 0 Å². The Hall–Kier alpha value is -1.92. The summed E-state index contributed by atoms with van der Waals surface area (Å²) in [7, 11) is 1.29. The van der Waals surface area contributed by atoms with Gasteiger partial charge in [-0.1, -0.05) is 24.3 Å². The number of methoxy groups -OCH3 is 1. The fraction of sp³-hybridized carbons (Fsp3) is 0.385. The normalized spacial score (nSPS) is 13.6. The number of carbonyl (C=O) groups excluding carboxylic acids is 2. The van der Waals surface area contributed by atoms with Gasteiger partial charge < -0.3 is 20.7 Å². The van der Waals surface area contributed by atoms with E-state index in [1.807, 2.05) is 0 Å². The van der Waals surface area contributed by atoms with Gasteiger partial charge >= 0.3 is 5.97 Å². The molecule has 6 heteroatoms. The first-order valence-electron chi connectivity index (χ1n) is 5.77. The van der Waals surface area contributed by atoms with E-state index in [4.69, 9.17) is 5.73 Å². The molecule has 19 heavy (non-hydrogen) atoms. The van der Waals surface area contributed by atoms with Crippen molar-refractivity contribution in [1.29, 1.82) is 0 Å². The van der Waals surface area contributed by atoms with Crippen molar-refractivity contribution < 1.29 is 24.5 Å². The first-order chi connectivity index (χ1) is 8.97. The molecule has 0 bridgehead atoms. The Labute approximate surface area is 110 Å². The summed E-state index contributed by atoms with van der Waals surface area (Å²) in [5, 5.41) is 19.4. The Morgan fingerprint density at radius 2 is 1.95 bits per heavy atom. The van der Waals surface area contributed by atoms with Gasteiger partial charge in [-0.15, -0.1) is 0 Å². The Morgan fingerprint density at radius 1 is 1.32 bits per heavy atom. The highest BCUT2D eigenvalue weighted by Gasteiger charge is 2.25. The molecule has 2 unspecified atom stereocenters. The van der Waals surface area contributed by atoms with Gasteiger partial charge in [0.2, 0.25) is 5.91 Å². The maximum absolute atomic E-state index is 11.1. The molecule has 0 spiro atoms. The van der Waals surface area contributed by atoms with Crippen LogP contribution in [0.15, 0.2) is 24.3 Å². The number of esters is 1. The van der Waals surface area contributed by atoms with Crippen LogP contribution < -0.4 is 5.73 Å². The van der Waals surface area contributed by atoms with Gasteiger partial charge in [0.05, 0.1) is 7.11 Å². The number of aliphatic hydroxyl groups excluding tert-OH is 2. The summed E-state index contributed by atoms with van der Waals surface area (Å²) in [6, 6.07) is 6.67. The van der Waals surface area contributed by atoms with Crippen LogP contribution in [0.25, 0.3) is 0 Å². The van der Waals surface area contributed by atoms with Crippen LogP contribution in [0, 0.1) is 0 Å². The van der Waals surface area contributed by atoms with Crippen molar-refractivity contribution in [2.24, 2.45) is 5.73 Å². The van der Waals surface area contributed by atoms with Crippen LogP contribution in [-0.2, 0) is 20.7 Å². The molecule has 1 aromatic rings. The minimum absolute atomic E-state index is 0.146. The number of hydrogen-bond donors (Lipinski definition) is 3. The molecule has 0 radical (unpaired) electrons. The minimum atomic E-state index is -1.68. The maximum atomic E-state index is 11.1. The lowest BCUT2D eigenvalue weighted by atomic mass is 9.95. The molecule has 0 fully saturated rings. The monoisotopic (exact) mass is 267 g/mol. The van der Waals surface area contributed by atoms with E-state index in [9.17, 15) is 19.8 Å². The number of primary amides is 1. The number of rotatable bonds is 6. The van der Waals surface area contributed by atoms with Crippen molar-refractivity contribution in [3.05, 3.63) is 35.4 Å². The molecular weight excluding hydrogens is 250 g/mol. The fourth-order valence-electron chi connectivity index (χ4n) is 1.71. The van der Waals surface area contributed by atoms with Crippen LogP contribution in [0.2, 0.25) is 0 Å². The molecule has 0 aliphatic heterocycles. The zero-order valence-electron chi connectivity index (χ0n) is 10.6. The molecule has 4 N–H and O–H groups in total. The molecule has 0 aromatic heterocycles. The van der Waals surface area contributed by atoms with Crippen molar-refractivity contribution in [2.75, 3.05) is 7.11 Å². The van der Waals surface area contributed by atoms with Crippen molar-refractivity contribution in [3.63, 3.8) is 0 Å². The summed E-state index contributed by atoms with van der Waals surface area (Å²) in [5.74, 6) is -1.38.